The third-order valence-corrected chi connectivity index (χ3v) is 6.51. The van der Waals surface area contributed by atoms with Crippen molar-refractivity contribution in [2.75, 3.05) is 11.1 Å². The lowest BCUT2D eigenvalue weighted by Crippen LogP contribution is -2.37. The van der Waals surface area contributed by atoms with Gasteiger partial charge in [0.15, 0.2) is 16.1 Å². The molecule has 0 atom stereocenters. The zero-order chi connectivity index (χ0) is 21.5. The first-order chi connectivity index (χ1) is 15.2. The number of anilines is 1. The molecule has 3 aromatic heterocycles. The van der Waals surface area contributed by atoms with Gasteiger partial charge in [-0.2, -0.15) is 0 Å². The van der Waals surface area contributed by atoms with E-state index in [2.05, 4.69) is 30.7 Å². The van der Waals surface area contributed by atoms with Crippen molar-refractivity contribution in [1.29, 1.82) is 0 Å². The summed E-state index contributed by atoms with van der Waals surface area (Å²) in [7, 11) is 0. The van der Waals surface area contributed by atoms with Crippen molar-refractivity contribution < 1.29 is 9.59 Å². The van der Waals surface area contributed by atoms with Crippen molar-refractivity contribution in [2.24, 2.45) is 0 Å². The standard InChI is InChI=1S/C20H23N7O2S2/c28-16(24-19-22-10-11-30-19)12-27-20(25-18(26-27)14-6-8-21-9-7-14)31-13-17(29)23-15-4-2-1-3-5-15/h6-11,15H,1-5,12-13H2,(H,23,29)(H,22,24,28). The van der Waals surface area contributed by atoms with Crippen LogP contribution in [-0.4, -0.2) is 48.3 Å². The number of nitrogens with one attached hydrogen (secondary N) is 2. The Kier molecular flexibility index (Phi) is 7.26. The van der Waals surface area contributed by atoms with E-state index in [1.807, 2.05) is 0 Å². The molecular weight excluding hydrogens is 434 g/mol. The van der Waals surface area contributed by atoms with Gasteiger partial charge in [-0.05, 0) is 25.0 Å². The number of pyridine rings is 1. The van der Waals surface area contributed by atoms with Crippen LogP contribution in [0.4, 0.5) is 5.13 Å². The van der Waals surface area contributed by atoms with E-state index < -0.39 is 0 Å². The maximum Gasteiger partial charge on any atom is 0.247 e. The lowest BCUT2D eigenvalue weighted by Gasteiger charge is -2.22. The van der Waals surface area contributed by atoms with Crippen LogP contribution in [0.1, 0.15) is 32.1 Å². The number of carbonyl (C=O) groups is 2. The number of thioether (sulfide) groups is 1. The third-order valence-electron chi connectivity index (χ3n) is 4.85. The summed E-state index contributed by atoms with van der Waals surface area (Å²) in [6.45, 7) is -0.0236. The summed E-state index contributed by atoms with van der Waals surface area (Å²) in [6.07, 6.45) is 10.6. The van der Waals surface area contributed by atoms with E-state index in [0.29, 0.717) is 16.1 Å². The van der Waals surface area contributed by atoms with E-state index in [1.165, 1.54) is 34.2 Å². The second-order valence-corrected chi connectivity index (χ2v) is 9.03. The number of thiazole rings is 1. The molecule has 4 rings (SSSR count). The lowest BCUT2D eigenvalue weighted by atomic mass is 9.95. The van der Waals surface area contributed by atoms with Gasteiger partial charge in [-0.1, -0.05) is 31.0 Å². The molecule has 1 fully saturated rings. The fraction of sp³-hybridized carbons (Fsp3) is 0.400. The SMILES string of the molecule is O=C(Cn1nc(-c2ccncc2)nc1SCC(=O)NC1CCCCC1)Nc1nccs1. The highest BCUT2D eigenvalue weighted by molar-refractivity contribution is 7.99. The van der Waals surface area contributed by atoms with Crippen LogP contribution in [-0.2, 0) is 16.1 Å². The Morgan fingerprint density at radius 1 is 1.13 bits per heavy atom. The van der Waals surface area contributed by atoms with Crippen LogP contribution in [0.5, 0.6) is 0 Å². The largest absolute Gasteiger partial charge is 0.353 e. The van der Waals surface area contributed by atoms with Crippen molar-refractivity contribution in [3.05, 3.63) is 36.1 Å². The topological polar surface area (TPSA) is 115 Å². The molecule has 0 aliphatic heterocycles. The van der Waals surface area contributed by atoms with E-state index in [0.717, 1.165) is 31.2 Å². The number of nitrogens with zero attached hydrogens (tertiary/aromatic N) is 5. The molecule has 3 heterocycles. The van der Waals surface area contributed by atoms with Gasteiger partial charge in [-0.3, -0.25) is 14.6 Å². The Morgan fingerprint density at radius 3 is 2.68 bits per heavy atom. The van der Waals surface area contributed by atoms with E-state index >= 15 is 0 Å². The smallest absolute Gasteiger partial charge is 0.247 e. The van der Waals surface area contributed by atoms with Crippen LogP contribution in [0.2, 0.25) is 0 Å². The van der Waals surface area contributed by atoms with E-state index in [4.69, 9.17) is 0 Å². The monoisotopic (exact) mass is 457 g/mol. The fourth-order valence-electron chi connectivity index (χ4n) is 3.39. The van der Waals surface area contributed by atoms with Gasteiger partial charge in [0.1, 0.15) is 6.54 Å². The number of rotatable bonds is 8. The van der Waals surface area contributed by atoms with E-state index in [-0.39, 0.29) is 30.2 Å². The Morgan fingerprint density at radius 2 is 1.94 bits per heavy atom. The molecule has 0 bridgehead atoms. The molecule has 9 nitrogen and oxygen atoms in total. The zero-order valence-corrected chi connectivity index (χ0v) is 18.5. The normalized spacial score (nSPS) is 14.3. The van der Waals surface area contributed by atoms with Gasteiger partial charge < -0.3 is 10.6 Å². The first kappa shape index (κ1) is 21.4. The van der Waals surface area contributed by atoms with Crippen LogP contribution in [0.15, 0.2) is 41.3 Å². The van der Waals surface area contributed by atoms with Crippen molar-refractivity contribution in [1.82, 2.24) is 30.0 Å². The van der Waals surface area contributed by atoms with Gasteiger partial charge in [0.2, 0.25) is 11.8 Å². The molecule has 0 unspecified atom stereocenters. The first-order valence-corrected chi connectivity index (χ1v) is 12.0. The van der Waals surface area contributed by atoms with Crippen LogP contribution in [0, 0.1) is 0 Å². The molecule has 0 saturated heterocycles. The Bertz CT molecular complexity index is 1000. The summed E-state index contributed by atoms with van der Waals surface area (Å²) < 4.78 is 1.53. The average molecular weight is 458 g/mol. The van der Waals surface area contributed by atoms with Gasteiger partial charge in [0, 0.05) is 35.6 Å². The minimum atomic E-state index is -0.255. The predicted molar refractivity (Wildman–Crippen MR) is 120 cm³/mol. The number of amides is 2. The van der Waals surface area contributed by atoms with Crippen LogP contribution in [0.3, 0.4) is 0 Å². The molecule has 2 amide bonds. The molecule has 1 saturated carbocycles. The maximum atomic E-state index is 12.4. The maximum absolute atomic E-state index is 12.4. The molecule has 0 aromatic carbocycles. The Hall–Kier alpha value is -2.79. The highest BCUT2D eigenvalue weighted by Gasteiger charge is 2.19. The molecular formula is C20H23N7O2S2. The Balaban J connectivity index is 1.44. The van der Waals surface area contributed by atoms with Crippen molar-refractivity contribution in [3.8, 4) is 11.4 Å². The second kappa shape index (κ2) is 10.5. The Labute approximate surface area is 188 Å². The summed E-state index contributed by atoms with van der Waals surface area (Å²) >= 11 is 2.62. The minimum Gasteiger partial charge on any atom is -0.353 e. The molecule has 162 valence electrons. The van der Waals surface area contributed by atoms with Crippen molar-refractivity contribution in [3.63, 3.8) is 0 Å². The summed E-state index contributed by atoms with van der Waals surface area (Å²) in [6, 6.07) is 3.87. The number of aromatic nitrogens is 5. The second-order valence-electron chi connectivity index (χ2n) is 7.19. The summed E-state index contributed by atoms with van der Waals surface area (Å²) in [5.74, 6) is 0.428. The summed E-state index contributed by atoms with van der Waals surface area (Å²) in [5, 5.41) is 13.2. The van der Waals surface area contributed by atoms with Gasteiger partial charge in [-0.15, -0.1) is 16.4 Å². The van der Waals surface area contributed by atoms with Gasteiger partial charge >= 0.3 is 0 Å². The highest BCUT2D eigenvalue weighted by atomic mass is 32.2. The molecule has 1 aliphatic carbocycles. The summed E-state index contributed by atoms with van der Waals surface area (Å²) in [4.78, 5) is 37.5. The van der Waals surface area contributed by atoms with E-state index in [1.54, 1.807) is 36.1 Å². The van der Waals surface area contributed by atoms with Crippen LogP contribution >= 0.6 is 23.1 Å². The van der Waals surface area contributed by atoms with Crippen molar-refractivity contribution in [2.45, 2.75) is 49.8 Å². The zero-order valence-electron chi connectivity index (χ0n) is 16.9. The van der Waals surface area contributed by atoms with Crippen LogP contribution < -0.4 is 10.6 Å². The third kappa shape index (κ3) is 6.11. The molecule has 0 spiro atoms. The summed E-state index contributed by atoms with van der Waals surface area (Å²) in [5.41, 5.74) is 0.794. The quantitative estimate of drug-likeness (QED) is 0.500. The van der Waals surface area contributed by atoms with E-state index in [9.17, 15) is 9.59 Å². The molecule has 11 heteroatoms. The number of hydrogen-bond acceptors (Lipinski definition) is 8. The van der Waals surface area contributed by atoms with Crippen molar-refractivity contribution >= 4 is 40.0 Å². The molecule has 2 N–H and O–H groups in total. The number of hydrogen-bond donors (Lipinski definition) is 2. The molecule has 3 aromatic rings. The lowest BCUT2D eigenvalue weighted by molar-refractivity contribution is -0.119. The fourth-order valence-corrected chi connectivity index (χ4v) is 4.68. The predicted octanol–water partition coefficient (Wildman–Crippen LogP) is 2.98. The van der Waals surface area contributed by atoms with Gasteiger partial charge in [-0.25, -0.2) is 14.6 Å². The highest BCUT2D eigenvalue weighted by Crippen LogP contribution is 2.22. The number of carbonyl (C=O) groups excluding carboxylic acids is 2. The minimum absolute atomic E-state index is 0.0236. The molecule has 31 heavy (non-hydrogen) atoms. The average Bonchev–Trinajstić information content (AvgIpc) is 3.43. The molecule has 0 radical (unpaired) electrons. The van der Waals surface area contributed by atoms with Gasteiger partial charge in [0.25, 0.3) is 0 Å². The first-order valence-electron chi connectivity index (χ1n) is 10.1. The van der Waals surface area contributed by atoms with Gasteiger partial charge in [0.05, 0.1) is 5.75 Å². The molecule has 1 aliphatic rings. The van der Waals surface area contributed by atoms with Crippen LogP contribution in [0.25, 0.3) is 11.4 Å².